The van der Waals surface area contributed by atoms with Crippen LogP contribution >= 0.6 is 0 Å². The van der Waals surface area contributed by atoms with Crippen LogP contribution in [-0.4, -0.2) is 25.9 Å². The fourth-order valence-corrected chi connectivity index (χ4v) is 2.78. The minimum atomic E-state index is -0.226. The van der Waals surface area contributed by atoms with Crippen molar-refractivity contribution >= 4 is 0 Å². The molecule has 0 aliphatic heterocycles. The van der Waals surface area contributed by atoms with Gasteiger partial charge in [-0.15, -0.1) is 0 Å². The van der Waals surface area contributed by atoms with Gasteiger partial charge in [0.2, 0.25) is 0 Å². The Balaban J connectivity index is 1.80. The van der Waals surface area contributed by atoms with E-state index in [1.807, 2.05) is 6.07 Å². The van der Waals surface area contributed by atoms with Crippen LogP contribution in [0, 0.1) is 17.7 Å². The van der Waals surface area contributed by atoms with Gasteiger partial charge < -0.3 is 9.47 Å². The molecule has 0 fully saturated rings. The molecule has 0 heterocycles. The van der Waals surface area contributed by atoms with Gasteiger partial charge in [0.15, 0.2) is 0 Å². The van der Waals surface area contributed by atoms with E-state index in [9.17, 15) is 4.39 Å². The van der Waals surface area contributed by atoms with Crippen molar-refractivity contribution in [1.82, 2.24) is 0 Å². The van der Waals surface area contributed by atoms with Crippen molar-refractivity contribution in [1.29, 1.82) is 0 Å². The Labute approximate surface area is 165 Å². The zero-order chi connectivity index (χ0) is 19.6. The van der Waals surface area contributed by atoms with Crippen molar-refractivity contribution in [3.05, 3.63) is 35.6 Å². The zero-order valence-electron chi connectivity index (χ0n) is 17.3. The molecule has 0 aliphatic rings. The van der Waals surface area contributed by atoms with Gasteiger partial charge >= 0.3 is 0 Å². The first kappa shape index (κ1) is 23.7. The molecular formula is C24H37FO2. The topological polar surface area (TPSA) is 18.5 Å². The normalized spacial score (nSPS) is 10.8. The van der Waals surface area contributed by atoms with E-state index in [-0.39, 0.29) is 5.82 Å². The van der Waals surface area contributed by atoms with Crippen LogP contribution in [0.1, 0.15) is 83.6 Å². The Morgan fingerprint density at radius 2 is 1.44 bits per heavy atom. The zero-order valence-corrected chi connectivity index (χ0v) is 17.3. The Bertz CT molecular complexity index is 531. The van der Waals surface area contributed by atoms with Crippen molar-refractivity contribution in [2.45, 2.75) is 84.2 Å². The molecule has 0 amide bonds. The first-order valence-electron chi connectivity index (χ1n) is 10.6. The maximum Gasteiger partial charge on any atom is 0.138 e. The lowest BCUT2D eigenvalue weighted by atomic mass is 10.1. The molecule has 1 aromatic rings. The van der Waals surface area contributed by atoms with E-state index in [1.165, 1.54) is 44.6 Å². The molecule has 3 heteroatoms. The summed E-state index contributed by atoms with van der Waals surface area (Å²) in [5, 5.41) is 0. The molecule has 27 heavy (non-hydrogen) atoms. The van der Waals surface area contributed by atoms with Gasteiger partial charge in [0, 0.05) is 26.2 Å². The average molecular weight is 377 g/mol. The molecule has 0 bridgehead atoms. The molecule has 152 valence electrons. The minimum absolute atomic E-state index is 0.226. The summed E-state index contributed by atoms with van der Waals surface area (Å²) in [5.74, 6) is 5.77. The highest BCUT2D eigenvalue weighted by Gasteiger charge is 1.96. The second-order valence-electron chi connectivity index (χ2n) is 7.25. The second-order valence-corrected chi connectivity index (χ2v) is 7.25. The highest BCUT2D eigenvalue weighted by Crippen LogP contribution is 2.10. The standard InChI is InChI=1S/C24H37FO2/c1-22(2)27-21-15-20-26-19-14-10-8-6-4-3-5-7-9-11-16-23-17-12-13-18-24(23)25/h12-13,17-18,22H,3-10,14-15,19-21H2,1-2H3. The van der Waals surface area contributed by atoms with E-state index in [0.29, 0.717) is 11.7 Å². The molecule has 1 aromatic carbocycles. The second kappa shape index (κ2) is 16.8. The quantitative estimate of drug-likeness (QED) is 0.256. The lowest BCUT2D eigenvalue weighted by Gasteiger charge is -2.07. The molecule has 0 radical (unpaired) electrons. The van der Waals surface area contributed by atoms with E-state index in [2.05, 4.69) is 25.7 Å². The van der Waals surface area contributed by atoms with Crippen molar-refractivity contribution in [3.8, 4) is 11.8 Å². The third-order valence-corrected chi connectivity index (χ3v) is 4.32. The van der Waals surface area contributed by atoms with E-state index in [4.69, 9.17) is 9.47 Å². The number of hydrogen-bond acceptors (Lipinski definition) is 2. The summed E-state index contributed by atoms with van der Waals surface area (Å²) < 4.78 is 24.5. The molecule has 0 saturated heterocycles. The SMILES string of the molecule is CC(C)OCCCOCCCCCCCCCCC#Cc1ccccc1F. The number of halogens is 1. The average Bonchev–Trinajstić information content (AvgIpc) is 2.65. The number of unbranched alkanes of at least 4 members (excludes halogenated alkanes) is 8. The summed E-state index contributed by atoms with van der Waals surface area (Å²) in [6.07, 6.45) is 12.1. The summed E-state index contributed by atoms with van der Waals surface area (Å²) >= 11 is 0. The van der Waals surface area contributed by atoms with Crippen molar-refractivity contribution in [2.24, 2.45) is 0 Å². The summed E-state index contributed by atoms with van der Waals surface area (Å²) in [6.45, 7) is 6.60. The third kappa shape index (κ3) is 14.4. The van der Waals surface area contributed by atoms with Crippen LogP contribution in [0.3, 0.4) is 0 Å². The molecule has 0 N–H and O–H groups in total. The van der Waals surface area contributed by atoms with Gasteiger partial charge in [0.05, 0.1) is 11.7 Å². The molecule has 0 spiro atoms. The van der Waals surface area contributed by atoms with Crippen molar-refractivity contribution < 1.29 is 13.9 Å². The molecule has 0 aliphatic carbocycles. The maximum atomic E-state index is 13.4. The number of rotatable bonds is 15. The predicted octanol–water partition coefficient (Wildman–Crippen LogP) is 6.52. The molecular weight excluding hydrogens is 339 g/mol. The van der Waals surface area contributed by atoms with Gasteiger partial charge in [-0.3, -0.25) is 0 Å². The molecule has 2 nitrogen and oxygen atoms in total. The van der Waals surface area contributed by atoms with E-state index in [1.54, 1.807) is 12.1 Å². The van der Waals surface area contributed by atoms with Gasteiger partial charge in [-0.1, -0.05) is 62.5 Å². The summed E-state index contributed by atoms with van der Waals surface area (Å²) in [6, 6.07) is 6.70. The van der Waals surface area contributed by atoms with Crippen LogP contribution in [0.25, 0.3) is 0 Å². The lowest BCUT2D eigenvalue weighted by molar-refractivity contribution is 0.0507. The van der Waals surface area contributed by atoms with Crippen LogP contribution in [0.15, 0.2) is 24.3 Å². The predicted molar refractivity (Wildman–Crippen MR) is 111 cm³/mol. The molecule has 0 unspecified atom stereocenters. The summed E-state index contributed by atoms with van der Waals surface area (Å²) in [7, 11) is 0. The largest absolute Gasteiger partial charge is 0.381 e. The first-order valence-corrected chi connectivity index (χ1v) is 10.6. The van der Waals surface area contributed by atoms with Crippen molar-refractivity contribution in [3.63, 3.8) is 0 Å². The van der Waals surface area contributed by atoms with Gasteiger partial charge in [-0.2, -0.15) is 0 Å². The molecule has 0 saturated carbocycles. The maximum absolute atomic E-state index is 13.4. The van der Waals surface area contributed by atoms with E-state index < -0.39 is 0 Å². The molecule has 0 aromatic heterocycles. The van der Waals surface area contributed by atoms with Gasteiger partial charge in [0.1, 0.15) is 5.82 Å². The molecule has 0 atom stereocenters. The Morgan fingerprint density at radius 1 is 0.815 bits per heavy atom. The minimum Gasteiger partial charge on any atom is -0.381 e. The summed E-state index contributed by atoms with van der Waals surface area (Å²) in [5.41, 5.74) is 0.505. The fraction of sp³-hybridized carbons (Fsp3) is 0.667. The highest BCUT2D eigenvalue weighted by atomic mass is 19.1. The number of benzene rings is 1. The van der Waals surface area contributed by atoms with Crippen LogP contribution in [0.2, 0.25) is 0 Å². The van der Waals surface area contributed by atoms with Crippen LogP contribution in [0.4, 0.5) is 4.39 Å². The van der Waals surface area contributed by atoms with E-state index >= 15 is 0 Å². The number of ether oxygens (including phenoxy) is 2. The highest BCUT2D eigenvalue weighted by molar-refractivity contribution is 5.34. The molecule has 1 rings (SSSR count). The number of hydrogen-bond donors (Lipinski definition) is 0. The van der Waals surface area contributed by atoms with Gasteiger partial charge in [-0.25, -0.2) is 4.39 Å². The Hall–Kier alpha value is -1.37. The third-order valence-electron chi connectivity index (χ3n) is 4.32. The monoisotopic (exact) mass is 376 g/mol. The van der Waals surface area contributed by atoms with Crippen molar-refractivity contribution in [2.75, 3.05) is 19.8 Å². The first-order chi connectivity index (χ1) is 13.2. The Morgan fingerprint density at radius 3 is 2.15 bits per heavy atom. The van der Waals surface area contributed by atoms with E-state index in [0.717, 1.165) is 45.5 Å². The van der Waals surface area contributed by atoms with Crippen LogP contribution in [0.5, 0.6) is 0 Å². The van der Waals surface area contributed by atoms with Gasteiger partial charge in [-0.05, 0) is 45.2 Å². The Kier molecular flexibility index (Phi) is 14.7. The van der Waals surface area contributed by atoms with Gasteiger partial charge in [0.25, 0.3) is 0 Å². The van der Waals surface area contributed by atoms with Crippen LogP contribution in [-0.2, 0) is 9.47 Å². The van der Waals surface area contributed by atoms with Crippen LogP contribution < -0.4 is 0 Å². The summed E-state index contributed by atoms with van der Waals surface area (Å²) in [4.78, 5) is 0. The fourth-order valence-electron chi connectivity index (χ4n) is 2.78. The smallest absolute Gasteiger partial charge is 0.138 e. The lowest BCUT2D eigenvalue weighted by Crippen LogP contribution is -2.07.